The van der Waals surface area contributed by atoms with Crippen molar-refractivity contribution in [2.75, 3.05) is 19.6 Å². The van der Waals surface area contributed by atoms with E-state index in [0.29, 0.717) is 38.4 Å². The van der Waals surface area contributed by atoms with Gasteiger partial charge in [0.2, 0.25) is 11.8 Å². The Morgan fingerprint density at radius 3 is 2.44 bits per heavy atom. The number of nitrogens with zero attached hydrogens (tertiary/aromatic N) is 1. The molecule has 0 unspecified atom stereocenters. The summed E-state index contributed by atoms with van der Waals surface area (Å²) in [5.74, 6) is -0.0802. The number of rotatable bonds is 6. The second-order valence-electron chi connectivity index (χ2n) is 5.27. The van der Waals surface area contributed by atoms with Gasteiger partial charge in [-0.25, -0.2) is 0 Å². The Labute approximate surface area is 109 Å². The van der Waals surface area contributed by atoms with Gasteiger partial charge < -0.3 is 16.0 Å². The summed E-state index contributed by atoms with van der Waals surface area (Å²) in [6, 6.07) is 0.464. The van der Waals surface area contributed by atoms with Crippen molar-refractivity contribution in [1.82, 2.24) is 10.2 Å². The average molecular weight is 255 g/mol. The Hall–Kier alpha value is -1.10. The molecular weight excluding hydrogens is 230 g/mol. The molecule has 0 radical (unpaired) electrons. The van der Waals surface area contributed by atoms with Gasteiger partial charge in [0.05, 0.1) is 0 Å². The van der Waals surface area contributed by atoms with Crippen LogP contribution in [-0.4, -0.2) is 42.4 Å². The van der Waals surface area contributed by atoms with Crippen LogP contribution in [-0.2, 0) is 9.59 Å². The molecule has 0 saturated carbocycles. The molecule has 3 N–H and O–H groups in total. The Morgan fingerprint density at radius 2 is 1.94 bits per heavy atom. The third-order valence-electron chi connectivity index (χ3n) is 3.37. The van der Waals surface area contributed by atoms with Gasteiger partial charge in [-0.3, -0.25) is 9.59 Å². The lowest BCUT2D eigenvalue weighted by Crippen LogP contribution is -2.41. The number of primary amides is 1. The van der Waals surface area contributed by atoms with Crippen LogP contribution in [0, 0.1) is 5.92 Å². The second-order valence-corrected chi connectivity index (χ2v) is 5.27. The minimum atomic E-state index is -0.233. The lowest BCUT2D eigenvalue weighted by molar-refractivity contribution is -0.134. The van der Waals surface area contributed by atoms with Gasteiger partial charge in [0, 0.05) is 31.5 Å². The highest BCUT2D eigenvalue weighted by Gasteiger charge is 2.25. The molecule has 5 nitrogen and oxygen atoms in total. The van der Waals surface area contributed by atoms with Crippen molar-refractivity contribution in [2.45, 2.75) is 45.6 Å². The van der Waals surface area contributed by atoms with Gasteiger partial charge in [-0.2, -0.15) is 0 Å². The summed E-state index contributed by atoms with van der Waals surface area (Å²) >= 11 is 0. The van der Waals surface area contributed by atoms with Crippen molar-refractivity contribution in [3.63, 3.8) is 0 Å². The first kappa shape index (κ1) is 15.0. The fourth-order valence-electron chi connectivity index (χ4n) is 2.20. The highest BCUT2D eigenvalue weighted by atomic mass is 16.2. The van der Waals surface area contributed by atoms with E-state index in [1.165, 1.54) is 0 Å². The van der Waals surface area contributed by atoms with Crippen LogP contribution in [0.4, 0.5) is 0 Å². The molecule has 0 spiro atoms. The fourth-order valence-corrected chi connectivity index (χ4v) is 2.20. The Bertz CT molecular complexity index is 284. The largest absolute Gasteiger partial charge is 0.369 e. The topological polar surface area (TPSA) is 75.4 Å². The highest BCUT2D eigenvalue weighted by Crippen LogP contribution is 2.17. The lowest BCUT2D eigenvalue weighted by Gasteiger charge is -2.30. The summed E-state index contributed by atoms with van der Waals surface area (Å²) in [5, 5.41) is 3.29. The molecule has 5 heteroatoms. The van der Waals surface area contributed by atoms with E-state index in [4.69, 9.17) is 5.73 Å². The maximum atomic E-state index is 11.9. The zero-order chi connectivity index (χ0) is 13.5. The van der Waals surface area contributed by atoms with E-state index in [9.17, 15) is 9.59 Å². The highest BCUT2D eigenvalue weighted by molar-refractivity contribution is 5.78. The van der Waals surface area contributed by atoms with E-state index in [1.54, 1.807) is 0 Å². The predicted octanol–water partition coefficient (Wildman–Crippen LogP) is 0.489. The first-order valence-electron chi connectivity index (χ1n) is 6.81. The first-order chi connectivity index (χ1) is 8.50. The van der Waals surface area contributed by atoms with Gasteiger partial charge >= 0.3 is 0 Å². The molecule has 1 saturated heterocycles. The molecule has 1 rings (SSSR count). The van der Waals surface area contributed by atoms with Crippen LogP contribution in [0.1, 0.15) is 39.5 Å². The molecule has 1 heterocycles. The molecule has 0 aromatic rings. The predicted molar refractivity (Wildman–Crippen MR) is 70.9 cm³/mol. The van der Waals surface area contributed by atoms with E-state index >= 15 is 0 Å². The normalized spacial score (nSPS) is 17.2. The number of hydrogen-bond acceptors (Lipinski definition) is 3. The average Bonchev–Trinajstić information content (AvgIpc) is 2.34. The molecule has 0 aromatic heterocycles. The smallest absolute Gasteiger partial charge is 0.222 e. The van der Waals surface area contributed by atoms with Gasteiger partial charge in [0.1, 0.15) is 0 Å². The number of nitrogens with one attached hydrogen (secondary N) is 1. The van der Waals surface area contributed by atoms with E-state index in [1.807, 2.05) is 4.90 Å². The summed E-state index contributed by atoms with van der Waals surface area (Å²) in [4.78, 5) is 24.8. The second kappa shape index (κ2) is 7.36. The van der Waals surface area contributed by atoms with Gasteiger partial charge in [-0.05, 0) is 25.8 Å². The molecule has 104 valence electrons. The SMILES string of the molecule is CC(C)NCCCC(=O)N1CCC(C(N)=O)CC1. The van der Waals surface area contributed by atoms with Crippen LogP contribution < -0.4 is 11.1 Å². The van der Waals surface area contributed by atoms with Crippen molar-refractivity contribution >= 4 is 11.8 Å². The van der Waals surface area contributed by atoms with Crippen LogP contribution in [0.3, 0.4) is 0 Å². The summed E-state index contributed by atoms with van der Waals surface area (Å²) in [6.07, 6.45) is 2.88. The Morgan fingerprint density at radius 1 is 1.33 bits per heavy atom. The summed E-state index contributed by atoms with van der Waals surface area (Å²) < 4.78 is 0. The number of hydrogen-bond donors (Lipinski definition) is 2. The van der Waals surface area contributed by atoms with Gasteiger partial charge in [-0.15, -0.1) is 0 Å². The maximum absolute atomic E-state index is 11.9. The monoisotopic (exact) mass is 255 g/mol. The number of carbonyl (C=O) groups excluding carboxylic acids is 2. The Balaban J connectivity index is 2.18. The van der Waals surface area contributed by atoms with Crippen molar-refractivity contribution < 1.29 is 9.59 Å². The molecule has 2 amide bonds. The molecule has 0 atom stereocenters. The summed E-state index contributed by atoms with van der Waals surface area (Å²) in [7, 11) is 0. The van der Waals surface area contributed by atoms with Crippen LogP contribution in [0.25, 0.3) is 0 Å². The molecular formula is C13H25N3O2. The molecule has 0 bridgehead atoms. The van der Waals surface area contributed by atoms with Crippen LogP contribution in [0.15, 0.2) is 0 Å². The number of amides is 2. The summed E-state index contributed by atoms with van der Waals surface area (Å²) in [5.41, 5.74) is 5.26. The van der Waals surface area contributed by atoms with E-state index in [-0.39, 0.29) is 17.7 Å². The third-order valence-corrected chi connectivity index (χ3v) is 3.37. The van der Waals surface area contributed by atoms with Gasteiger partial charge in [0.15, 0.2) is 0 Å². The van der Waals surface area contributed by atoms with Gasteiger partial charge in [0.25, 0.3) is 0 Å². The van der Waals surface area contributed by atoms with Crippen molar-refractivity contribution in [3.8, 4) is 0 Å². The van der Waals surface area contributed by atoms with E-state index < -0.39 is 0 Å². The first-order valence-corrected chi connectivity index (χ1v) is 6.81. The zero-order valence-corrected chi connectivity index (χ0v) is 11.4. The molecule has 0 aliphatic carbocycles. The fraction of sp³-hybridized carbons (Fsp3) is 0.846. The minimum Gasteiger partial charge on any atom is -0.369 e. The number of carbonyl (C=O) groups is 2. The standard InChI is InChI=1S/C13H25N3O2/c1-10(2)15-7-3-4-12(17)16-8-5-11(6-9-16)13(14)18/h10-11,15H,3-9H2,1-2H3,(H2,14,18). The third kappa shape index (κ3) is 5.04. The van der Waals surface area contributed by atoms with Crippen LogP contribution >= 0.6 is 0 Å². The van der Waals surface area contributed by atoms with Crippen LogP contribution in [0.5, 0.6) is 0 Å². The van der Waals surface area contributed by atoms with Gasteiger partial charge in [-0.1, -0.05) is 13.8 Å². The summed E-state index contributed by atoms with van der Waals surface area (Å²) in [6.45, 7) is 6.40. The quantitative estimate of drug-likeness (QED) is 0.678. The van der Waals surface area contributed by atoms with Crippen molar-refractivity contribution in [1.29, 1.82) is 0 Å². The van der Waals surface area contributed by atoms with Crippen molar-refractivity contribution in [3.05, 3.63) is 0 Å². The molecule has 18 heavy (non-hydrogen) atoms. The lowest BCUT2D eigenvalue weighted by atomic mass is 9.96. The minimum absolute atomic E-state index is 0.0448. The van der Waals surface area contributed by atoms with Crippen molar-refractivity contribution in [2.24, 2.45) is 11.7 Å². The van der Waals surface area contributed by atoms with Crippen LogP contribution in [0.2, 0.25) is 0 Å². The number of nitrogens with two attached hydrogens (primary N) is 1. The molecule has 1 fully saturated rings. The Kier molecular flexibility index (Phi) is 6.12. The van der Waals surface area contributed by atoms with E-state index in [2.05, 4.69) is 19.2 Å². The zero-order valence-electron chi connectivity index (χ0n) is 11.4. The maximum Gasteiger partial charge on any atom is 0.222 e. The molecule has 0 aromatic carbocycles. The van der Waals surface area contributed by atoms with E-state index in [0.717, 1.165) is 13.0 Å². The number of piperidine rings is 1. The number of likely N-dealkylation sites (tertiary alicyclic amines) is 1. The molecule has 1 aliphatic rings. The molecule has 1 aliphatic heterocycles.